The van der Waals surface area contributed by atoms with Gasteiger partial charge in [-0.3, -0.25) is 4.79 Å². The van der Waals surface area contributed by atoms with E-state index in [0.29, 0.717) is 12.1 Å². The molecule has 1 aromatic rings. The molecule has 102 valence electrons. The topological polar surface area (TPSA) is 66.8 Å². The molecule has 0 bridgehead atoms. The molecule has 1 N–H and O–H groups in total. The van der Waals surface area contributed by atoms with E-state index in [1.165, 1.54) is 12.1 Å². The molecule has 0 aliphatic carbocycles. The van der Waals surface area contributed by atoms with E-state index in [1.807, 2.05) is 0 Å². The number of carbonyl (C=O) groups excluding carboxylic acids is 1. The lowest BCUT2D eigenvalue weighted by atomic mass is 10.1. The normalized spacial score (nSPS) is 19.2. The standard InChI is InChI=1S/C14H17NO4/c1-19-12-3-2-8-15(9-12)13(16)10-4-6-11(7-5-10)14(17)18/h4-7,12H,2-3,8-9H2,1H3,(H,17,18)/t12-/m0/s1. The second kappa shape index (κ2) is 5.84. The number of hydrogen-bond acceptors (Lipinski definition) is 3. The smallest absolute Gasteiger partial charge is 0.335 e. The molecule has 1 aliphatic heterocycles. The fourth-order valence-corrected chi connectivity index (χ4v) is 2.25. The summed E-state index contributed by atoms with van der Waals surface area (Å²) < 4.78 is 5.29. The highest BCUT2D eigenvalue weighted by Gasteiger charge is 2.24. The van der Waals surface area contributed by atoms with Crippen LogP contribution in [0.2, 0.25) is 0 Å². The van der Waals surface area contributed by atoms with Crippen molar-refractivity contribution in [1.29, 1.82) is 0 Å². The molecule has 1 heterocycles. The summed E-state index contributed by atoms with van der Waals surface area (Å²) in [6.07, 6.45) is 1.99. The summed E-state index contributed by atoms with van der Waals surface area (Å²) in [6.45, 7) is 1.31. The van der Waals surface area contributed by atoms with Crippen LogP contribution < -0.4 is 0 Å². The van der Waals surface area contributed by atoms with Crippen molar-refractivity contribution in [3.8, 4) is 0 Å². The molecule has 2 rings (SSSR count). The number of carboxylic acid groups (broad SMARTS) is 1. The van der Waals surface area contributed by atoms with Crippen molar-refractivity contribution in [2.75, 3.05) is 20.2 Å². The van der Waals surface area contributed by atoms with Gasteiger partial charge in [0, 0.05) is 25.8 Å². The van der Waals surface area contributed by atoms with Gasteiger partial charge in [0.25, 0.3) is 5.91 Å². The van der Waals surface area contributed by atoms with Crippen LogP contribution >= 0.6 is 0 Å². The van der Waals surface area contributed by atoms with Gasteiger partial charge in [-0.2, -0.15) is 0 Å². The number of rotatable bonds is 3. The van der Waals surface area contributed by atoms with Crippen LogP contribution in [0.15, 0.2) is 24.3 Å². The Balaban J connectivity index is 2.08. The predicted molar refractivity (Wildman–Crippen MR) is 69.3 cm³/mol. The maximum Gasteiger partial charge on any atom is 0.335 e. The van der Waals surface area contributed by atoms with Gasteiger partial charge in [-0.1, -0.05) is 0 Å². The molecule has 5 heteroatoms. The number of carbonyl (C=O) groups is 2. The zero-order chi connectivity index (χ0) is 13.8. The third-order valence-corrected chi connectivity index (χ3v) is 3.38. The van der Waals surface area contributed by atoms with Gasteiger partial charge in [0.2, 0.25) is 0 Å². The molecule has 1 fully saturated rings. The van der Waals surface area contributed by atoms with E-state index < -0.39 is 5.97 Å². The van der Waals surface area contributed by atoms with Crippen molar-refractivity contribution in [2.45, 2.75) is 18.9 Å². The second-order valence-electron chi connectivity index (χ2n) is 4.63. The molecule has 5 nitrogen and oxygen atoms in total. The molecule has 1 atom stereocenters. The maximum atomic E-state index is 12.3. The number of methoxy groups -OCH3 is 1. The van der Waals surface area contributed by atoms with Crippen molar-refractivity contribution in [2.24, 2.45) is 0 Å². The average molecular weight is 263 g/mol. The maximum absolute atomic E-state index is 12.3. The number of amides is 1. The lowest BCUT2D eigenvalue weighted by molar-refractivity contribution is 0.0269. The van der Waals surface area contributed by atoms with Gasteiger partial charge >= 0.3 is 5.97 Å². The minimum atomic E-state index is -0.989. The van der Waals surface area contributed by atoms with Gasteiger partial charge in [0.1, 0.15) is 0 Å². The van der Waals surface area contributed by atoms with Gasteiger partial charge < -0.3 is 14.7 Å². The Bertz CT molecular complexity index is 469. The molecule has 19 heavy (non-hydrogen) atoms. The highest BCUT2D eigenvalue weighted by molar-refractivity contribution is 5.96. The van der Waals surface area contributed by atoms with Gasteiger partial charge in [0.15, 0.2) is 0 Å². The highest BCUT2D eigenvalue weighted by Crippen LogP contribution is 2.16. The Labute approximate surface area is 111 Å². The van der Waals surface area contributed by atoms with Crippen molar-refractivity contribution in [3.05, 3.63) is 35.4 Å². The predicted octanol–water partition coefficient (Wildman–Crippen LogP) is 1.64. The van der Waals surface area contributed by atoms with Gasteiger partial charge in [-0.25, -0.2) is 4.79 Å². The Kier molecular flexibility index (Phi) is 4.16. The number of aromatic carboxylic acids is 1. The van der Waals surface area contributed by atoms with Gasteiger partial charge in [-0.15, -0.1) is 0 Å². The second-order valence-corrected chi connectivity index (χ2v) is 4.63. The van der Waals surface area contributed by atoms with E-state index in [4.69, 9.17) is 9.84 Å². The van der Waals surface area contributed by atoms with Crippen LogP contribution in [0.25, 0.3) is 0 Å². The molecule has 0 spiro atoms. The van der Waals surface area contributed by atoms with Gasteiger partial charge in [-0.05, 0) is 37.1 Å². The summed E-state index contributed by atoms with van der Waals surface area (Å²) in [4.78, 5) is 24.8. The molecule has 1 saturated heterocycles. The molecule has 0 aromatic heterocycles. The average Bonchev–Trinajstić information content (AvgIpc) is 2.46. The van der Waals surface area contributed by atoms with Crippen LogP contribution in [-0.4, -0.2) is 48.2 Å². The summed E-state index contributed by atoms with van der Waals surface area (Å²) >= 11 is 0. The summed E-state index contributed by atoms with van der Waals surface area (Å²) in [5, 5.41) is 8.82. The van der Waals surface area contributed by atoms with Crippen molar-refractivity contribution in [1.82, 2.24) is 4.90 Å². The van der Waals surface area contributed by atoms with E-state index in [2.05, 4.69) is 0 Å². The largest absolute Gasteiger partial charge is 0.478 e. The minimum Gasteiger partial charge on any atom is -0.478 e. The molecule has 0 unspecified atom stereocenters. The van der Waals surface area contributed by atoms with E-state index >= 15 is 0 Å². The Hall–Kier alpha value is -1.88. The molecule has 1 aliphatic rings. The van der Waals surface area contributed by atoms with Crippen molar-refractivity contribution < 1.29 is 19.4 Å². The van der Waals surface area contributed by atoms with Crippen LogP contribution in [0.4, 0.5) is 0 Å². The number of piperidine rings is 1. The van der Waals surface area contributed by atoms with Crippen LogP contribution in [0, 0.1) is 0 Å². The third kappa shape index (κ3) is 3.12. The van der Waals surface area contributed by atoms with E-state index in [9.17, 15) is 9.59 Å². The first-order valence-corrected chi connectivity index (χ1v) is 6.27. The Morgan fingerprint density at radius 3 is 2.47 bits per heavy atom. The number of nitrogens with zero attached hydrogens (tertiary/aromatic N) is 1. The number of hydrogen-bond donors (Lipinski definition) is 1. The molecular weight excluding hydrogens is 246 g/mol. The summed E-state index contributed by atoms with van der Waals surface area (Å²) in [5.41, 5.74) is 0.701. The fourth-order valence-electron chi connectivity index (χ4n) is 2.25. The van der Waals surface area contributed by atoms with Crippen LogP contribution in [0.5, 0.6) is 0 Å². The molecule has 1 aromatic carbocycles. The van der Waals surface area contributed by atoms with Crippen molar-refractivity contribution in [3.63, 3.8) is 0 Å². The highest BCUT2D eigenvalue weighted by atomic mass is 16.5. The summed E-state index contributed by atoms with van der Waals surface area (Å²) in [5.74, 6) is -1.06. The fraction of sp³-hybridized carbons (Fsp3) is 0.429. The molecule has 0 radical (unpaired) electrons. The number of carboxylic acids is 1. The zero-order valence-corrected chi connectivity index (χ0v) is 10.8. The lowest BCUT2D eigenvalue weighted by Gasteiger charge is -2.32. The van der Waals surface area contributed by atoms with E-state index in [1.54, 1.807) is 24.1 Å². The summed E-state index contributed by atoms with van der Waals surface area (Å²) in [7, 11) is 1.65. The monoisotopic (exact) mass is 263 g/mol. The van der Waals surface area contributed by atoms with Crippen LogP contribution in [0.3, 0.4) is 0 Å². The Morgan fingerprint density at radius 2 is 1.89 bits per heavy atom. The molecule has 1 amide bonds. The van der Waals surface area contributed by atoms with E-state index in [-0.39, 0.29) is 17.6 Å². The zero-order valence-electron chi connectivity index (χ0n) is 10.8. The van der Waals surface area contributed by atoms with Crippen LogP contribution in [0.1, 0.15) is 33.6 Å². The first-order chi connectivity index (χ1) is 9.11. The molecule has 0 saturated carbocycles. The molecular formula is C14H17NO4. The lowest BCUT2D eigenvalue weighted by Crippen LogP contribution is -2.42. The third-order valence-electron chi connectivity index (χ3n) is 3.38. The SMILES string of the molecule is CO[C@H]1CCCN(C(=O)c2ccc(C(=O)O)cc2)C1. The van der Waals surface area contributed by atoms with E-state index in [0.717, 1.165) is 19.4 Å². The number of benzene rings is 1. The van der Waals surface area contributed by atoms with Crippen molar-refractivity contribution >= 4 is 11.9 Å². The first kappa shape index (κ1) is 13.5. The summed E-state index contributed by atoms with van der Waals surface area (Å²) in [6, 6.07) is 6.02. The van der Waals surface area contributed by atoms with Gasteiger partial charge in [0.05, 0.1) is 11.7 Å². The number of likely N-dealkylation sites (tertiary alicyclic amines) is 1. The first-order valence-electron chi connectivity index (χ1n) is 6.27. The number of ether oxygens (including phenoxy) is 1. The van der Waals surface area contributed by atoms with Crippen LogP contribution in [-0.2, 0) is 4.74 Å². The Morgan fingerprint density at radius 1 is 1.26 bits per heavy atom. The minimum absolute atomic E-state index is 0.0707. The quantitative estimate of drug-likeness (QED) is 0.900.